The van der Waals surface area contributed by atoms with E-state index in [2.05, 4.69) is 5.32 Å². The van der Waals surface area contributed by atoms with Gasteiger partial charge in [-0.2, -0.15) is 0 Å². The first kappa shape index (κ1) is 16.7. The van der Waals surface area contributed by atoms with Gasteiger partial charge >= 0.3 is 0 Å². The van der Waals surface area contributed by atoms with Crippen LogP contribution in [-0.2, 0) is 9.59 Å². The minimum atomic E-state index is -0.384. The number of unbranched alkanes of at least 4 members (excludes halogenated alkanes) is 2. The molecular weight excluding hydrogens is 272 g/mol. The minimum Gasteiger partial charge on any atom is -0.465 e. The summed E-state index contributed by atoms with van der Waals surface area (Å²) >= 11 is 0. The molecule has 0 atom stereocenters. The molecule has 0 saturated heterocycles. The first-order valence-corrected chi connectivity index (χ1v) is 6.81. The Labute approximate surface area is 123 Å². The van der Waals surface area contributed by atoms with Crippen LogP contribution in [-0.4, -0.2) is 23.6 Å². The van der Waals surface area contributed by atoms with Crippen LogP contribution < -0.4 is 10.8 Å². The highest BCUT2D eigenvalue weighted by atomic mass is 16.5. The summed E-state index contributed by atoms with van der Waals surface area (Å²) in [5.41, 5.74) is 1.58. The number of amides is 2. The largest absolute Gasteiger partial charge is 0.465 e. The number of furan rings is 1. The van der Waals surface area contributed by atoms with Gasteiger partial charge in [-0.25, -0.2) is 5.48 Å². The van der Waals surface area contributed by atoms with Crippen molar-refractivity contribution in [3.05, 3.63) is 42.4 Å². The van der Waals surface area contributed by atoms with Gasteiger partial charge in [0, 0.05) is 19.0 Å². The van der Waals surface area contributed by atoms with Gasteiger partial charge in [0.15, 0.2) is 0 Å². The topological polar surface area (TPSA) is 91.6 Å². The molecule has 0 aliphatic rings. The van der Waals surface area contributed by atoms with Crippen molar-refractivity contribution in [2.75, 3.05) is 6.54 Å². The number of carbonyl (C=O) groups is 2. The summed E-state index contributed by atoms with van der Waals surface area (Å²) in [6.07, 6.45) is 10.7. The Morgan fingerprint density at radius 3 is 2.81 bits per heavy atom. The zero-order valence-electron chi connectivity index (χ0n) is 11.7. The molecule has 0 aliphatic carbocycles. The van der Waals surface area contributed by atoms with Crippen LogP contribution in [0.15, 0.2) is 41.0 Å². The summed E-state index contributed by atoms with van der Waals surface area (Å²) in [4.78, 5) is 22.2. The van der Waals surface area contributed by atoms with Gasteiger partial charge in [0.05, 0.1) is 6.26 Å². The molecule has 0 radical (unpaired) electrons. The van der Waals surface area contributed by atoms with E-state index >= 15 is 0 Å². The van der Waals surface area contributed by atoms with E-state index in [-0.39, 0.29) is 11.8 Å². The average Bonchev–Trinajstić information content (AvgIpc) is 3.00. The SMILES string of the molecule is O=C(/C=C/C=C/c1ccco1)NCCCCCC(=O)NO. The van der Waals surface area contributed by atoms with Crippen molar-refractivity contribution in [3.63, 3.8) is 0 Å². The van der Waals surface area contributed by atoms with Crippen LogP contribution in [0.25, 0.3) is 6.08 Å². The number of nitrogens with one attached hydrogen (secondary N) is 2. The monoisotopic (exact) mass is 292 g/mol. The Hall–Kier alpha value is -2.34. The zero-order valence-corrected chi connectivity index (χ0v) is 11.7. The molecule has 6 nitrogen and oxygen atoms in total. The molecule has 0 unspecified atom stereocenters. The number of hydrogen-bond donors (Lipinski definition) is 3. The summed E-state index contributed by atoms with van der Waals surface area (Å²) in [5.74, 6) is 0.185. The molecule has 0 aromatic carbocycles. The van der Waals surface area contributed by atoms with Crippen molar-refractivity contribution in [1.82, 2.24) is 10.8 Å². The van der Waals surface area contributed by atoms with Gasteiger partial charge in [0.2, 0.25) is 11.8 Å². The number of allylic oxidation sites excluding steroid dienone is 2. The first-order valence-electron chi connectivity index (χ1n) is 6.81. The molecule has 1 rings (SSSR count). The Balaban J connectivity index is 2.04. The Morgan fingerprint density at radius 2 is 2.10 bits per heavy atom. The summed E-state index contributed by atoms with van der Waals surface area (Å²) < 4.78 is 5.10. The third-order valence-electron chi connectivity index (χ3n) is 2.67. The van der Waals surface area contributed by atoms with E-state index in [1.54, 1.807) is 36.0 Å². The second-order valence-corrected chi connectivity index (χ2v) is 4.37. The zero-order chi connectivity index (χ0) is 15.3. The van der Waals surface area contributed by atoms with Crippen molar-refractivity contribution in [2.45, 2.75) is 25.7 Å². The molecule has 1 aromatic rings. The van der Waals surface area contributed by atoms with E-state index in [0.717, 1.165) is 18.6 Å². The van der Waals surface area contributed by atoms with Crippen LogP contribution >= 0.6 is 0 Å². The molecule has 2 amide bonds. The maximum absolute atomic E-state index is 11.4. The number of carbonyl (C=O) groups excluding carboxylic acids is 2. The third kappa shape index (κ3) is 8.43. The van der Waals surface area contributed by atoms with Gasteiger partial charge in [-0.05, 0) is 31.1 Å². The van der Waals surface area contributed by atoms with Crippen molar-refractivity contribution < 1.29 is 19.2 Å². The van der Waals surface area contributed by atoms with Crippen LogP contribution in [0.1, 0.15) is 31.4 Å². The maximum Gasteiger partial charge on any atom is 0.243 e. The lowest BCUT2D eigenvalue weighted by Crippen LogP contribution is -2.22. The van der Waals surface area contributed by atoms with E-state index in [4.69, 9.17) is 9.62 Å². The highest BCUT2D eigenvalue weighted by Gasteiger charge is 1.98. The fraction of sp³-hybridized carbons (Fsp3) is 0.333. The fourth-order valence-electron chi connectivity index (χ4n) is 1.59. The van der Waals surface area contributed by atoms with E-state index in [1.807, 2.05) is 6.07 Å². The molecule has 0 aliphatic heterocycles. The molecular formula is C15H20N2O4. The van der Waals surface area contributed by atoms with E-state index in [9.17, 15) is 9.59 Å². The molecule has 3 N–H and O–H groups in total. The third-order valence-corrected chi connectivity index (χ3v) is 2.67. The highest BCUT2D eigenvalue weighted by Crippen LogP contribution is 2.02. The Kier molecular flexibility index (Phi) is 8.32. The van der Waals surface area contributed by atoms with Gasteiger partial charge in [0.1, 0.15) is 5.76 Å². The molecule has 0 spiro atoms. The van der Waals surface area contributed by atoms with Crippen molar-refractivity contribution in [3.8, 4) is 0 Å². The summed E-state index contributed by atoms with van der Waals surface area (Å²) in [7, 11) is 0. The molecule has 0 fully saturated rings. The van der Waals surface area contributed by atoms with Crippen molar-refractivity contribution >= 4 is 17.9 Å². The summed E-state index contributed by atoms with van der Waals surface area (Å²) in [5, 5.41) is 11.0. The van der Waals surface area contributed by atoms with Crippen LogP contribution in [0, 0.1) is 0 Å². The van der Waals surface area contributed by atoms with E-state index in [0.29, 0.717) is 19.4 Å². The lowest BCUT2D eigenvalue weighted by molar-refractivity contribution is -0.129. The number of rotatable bonds is 9. The van der Waals surface area contributed by atoms with Crippen LogP contribution in [0.5, 0.6) is 0 Å². The van der Waals surface area contributed by atoms with Crippen LogP contribution in [0.3, 0.4) is 0 Å². The fourth-order valence-corrected chi connectivity index (χ4v) is 1.59. The van der Waals surface area contributed by atoms with Gasteiger partial charge in [-0.1, -0.05) is 18.6 Å². The summed E-state index contributed by atoms with van der Waals surface area (Å²) in [6.45, 7) is 0.561. The normalized spacial score (nSPS) is 11.1. The second kappa shape index (κ2) is 10.4. The average molecular weight is 292 g/mol. The van der Waals surface area contributed by atoms with Crippen molar-refractivity contribution in [2.24, 2.45) is 0 Å². The molecule has 21 heavy (non-hydrogen) atoms. The van der Waals surface area contributed by atoms with Crippen LogP contribution in [0.4, 0.5) is 0 Å². The molecule has 1 heterocycles. The van der Waals surface area contributed by atoms with Gasteiger partial charge in [0.25, 0.3) is 0 Å². The van der Waals surface area contributed by atoms with Crippen LogP contribution in [0.2, 0.25) is 0 Å². The second-order valence-electron chi connectivity index (χ2n) is 4.37. The van der Waals surface area contributed by atoms with E-state index < -0.39 is 0 Å². The maximum atomic E-state index is 11.4. The van der Waals surface area contributed by atoms with E-state index in [1.165, 1.54) is 6.08 Å². The lowest BCUT2D eigenvalue weighted by Gasteiger charge is -2.02. The highest BCUT2D eigenvalue weighted by molar-refractivity contribution is 5.87. The van der Waals surface area contributed by atoms with Crippen molar-refractivity contribution in [1.29, 1.82) is 0 Å². The molecule has 6 heteroatoms. The standard InChI is InChI=1S/C15H20N2O4/c18-14(9-4-3-7-13-8-6-12-21-13)16-11-5-1-2-10-15(19)17-20/h3-4,6-9,12,20H,1-2,5,10-11H2,(H,16,18)(H,17,19)/b7-3+,9-4+. The Morgan fingerprint density at radius 1 is 1.24 bits per heavy atom. The smallest absolute Gasteiger partial charge is 0.243 e. The lowest BCUT2D eigenvalue weighted by atomic mass is 10.2. The van der Waals surface area contributed by atoms with Gasteiger partial charge < -0.3 is 9.73 Å². The molecule has 1 aromatic heterocycles. The molecule has 114 valence electrons. The minimum absolute atomic E-state index is 0.160. The molecule has 0 bridgehead atoms. The number of hydrogen-bond acceptors (Lipinski definition) is 4. The van der Waals surface area contributed by atoms with Gasteiger partial charge in [-0.15, -0.1) is 0 Å². The first-order chi connectivity index (χ1) is 10.2. The predicted octanol–water partition coefficient (Wildman–Crippen LogP) is 2.03. The molecule has 0 saturated carbocycles. The predicted molar refractivity (Wildman–Crippen MR) is 78.3 cm³/mol. The quantitative estimate of drug-likeness (QED) is 0.213. The number of hydroxylamine groups is 1. The summed E-state index contributed by atoms with van der Waals surface area (Å²) in [6, 6.07) is 3.61. The van der Waals surface area contributed by atoms with Gasteiger partial charge in [-0.3, -0.25) is 14.8 Å². The Bertz CT molecular complexity index is 478.